The minimum atomic E-state index is -0.913. The van der Waals surface area contributed by atoms with Crippen LogP contribution in [0.5, 0.6) is 5.75 Å². The molecule has 0 fully saturated rings. The summed E-state index contributed by atoms with van der Waals surface area (Å²) in [5, 5.41) is 3.23. The van der Waals surface area contributed by atoms with Crippen LogP contribution in [0.25, 0.3) is 11.0 Å². The van der Waals surface area contributed by atoms with Crippen LogP contribution in [0.2, 0.25) is 0 Å². The maximum atomic E-state index is 12.3. The molecule has 0 aliphatic rings. The van der Waals surface area contributed by atoms with Gasteiger partial charge in [0.15, 0.2) is 0 Å². The van der Waals surface area contributed by atoms with Gasteiger partial charge in [0, 0.05) is 17.0 Å². The lowest BCUT2D eigenvalue weighted by Gasteiger charge is -2.21. The maximum absolute atomic E-state index is 12.3. The van der Waals surface area contributed by atoms with Crippen molar-refractivity contribution in [3.8, 4) is 5.75 Å². The molecule has 1 atom stereocenters. The van der Waals surface area contributed by atoms with Gasteiger partial charge in [0.25, 0.3) is 0 Å². The van der Waals surface area contributed by atoms with Gasteiger partial charge in [-0.05, 0) is 58.7 Å². The number of hydrogen-bond acceptors (Lipinski definition) is 6. The predicted molar refractivity (Wildman–Crippen MR) is 101 cm³/mol. The van der Waals surface area contributed by atoms with E-state index < -0.39 is 29.3 Å². The molecule has 146 valence electrons. The average Bonchev–Trinajstić information content (AvgIpc) is 2.55. The summed E-state index contributed by atoms with van der Waals surface area (Å²) in [7, 11) is 0. The normalized spacial score (nSPS) is 12.5. The van der Waals surface area contributed by atoms with Crippen LogP contribution in [0.1, 0.15) is 45.7 Å². The van der Waals surface area contributed by atoms with E-state index in [1.807, 2.05) is 6.92 Å². The standard InChI is InChI=1S/C20H25NO6/c1-7-13-10-16(22)26-17-11(2)15(9-8-14(13)17)25-18(23)12(3)21-19(24)27-20(4,5)6/h8-10,12H,7H2,1-6H3,(H,21,24)/t12-/m1/s1. The summed E-state index contributed by atoms with van der Waals surface area (Å²) in [6.07, 6.45) is -0.0295. The third-order valence-electron chi connectivity index (χ3n) is 3.88. The number of benzene rings is 1. The molecule has 2 rings (SSSR count). The molecule has 0 unspecified atom stereocenters. The molecule has 1 aromatic heterocycles. The number of hydrogen-bond donors (Lipinski definition) is 1. The van der Waals surface area contributed by atoms with E-state index in [1.54, 1.807) is 39.8 Å². The molecule has 0 aliphatic heterocycles. The van der Waals surface area contributed by atoms with Crippen molar-refractivity contribution in [1.82, 2.24) is 5.32 Å². The summed E-state index contributed by atoms with van der Waals surface area (Å²) in [4.78, 5) is 35.8. The Hall–Kier alpha value is -2.83. The number of nitrogens with one attached hydrogen (secondary N) is 1. The molecule has 0 saturated heterocycles. The zero-order valence-electron chi connectivity index (χ0n) is 16.5. The molecular weight excluding hydrogens is 350 g/mol. The molecular formula is C20H25NO6. The maximum Gasteiger partial charge on any atom is 0.408 e. The Morgan fingerprint density at radius 3 is 2.52 bits per heavy atom. The van der Waals surface area contributed by atoms with Crippen LogP contribution in [-0.2, 0) is 16.0 Å². The van der Waals surface area contributed by atoms with Crippen LogP contribution in [-0.4, -0.2) is 23.7 Å². The number of rotatable bonds is 4. The largest absolute Gasteiger partial charge is 0.444 e. The van der Waals surface area contributed by atoms with E-state index in [-0.39, 0.29) is 5.75 Å². The zero-order valence-corrected chi connectivity index (χ0v) is 16.5. The number of esters is 1. The predicted octanol–water partition coefficient (Wildman–Crippen LogP) is 3.48. The van der Waals surface area contributed by atoms with Gasteiger partial charge >= 0.3 is 17.7 Å². The van der Waals surface area contributed by atoms with Gasteiger partial charge in [-0.25, -0.2) is 14.4 Å². The second-order valence-corrected chi connectivity index (χ2v) is 7.30. The Bertz CT molecular complexity index is 922. The average molecular weight is 375 g/mol. The van der Waals surface area contributed by atoms with Crippen LogP contribution >= 0.6 is 0 Å². The van der Waals surface area contributed by atoms with Gasteiger partial charge in [-0.3, -0.25) is 0 Å². The number of amides is 1. The van der Waals surface area contributed by atoms with E-state index in [0.29, 0.717) is 17.6 Å². The van der Waals surface area contributed by atoms with Crippen LogP contribution in [0.3, 0.4) is 0 Å². The third-order valence-corrected chi connectivity index (χ3v) is 3.88. The zero-order chi connectivity index (χ0) is 20.4. The van der Waals surface area contributed by atoms with E-state index >= 15 is 0 Å². The second kappa shape index (κ2) is 7.82. The minimum absolute atomic E-state index is 0.266. The molecule has 1 heterocycles. The Morgan fingerprint density at radius 2 is 1.93 bits per heavy atom. The molecule has 2 aromatic rings. The van der Waals surface area contributed by atoms with E-state index in [9.17, 15) is 14.4 Å². The Morgan fingerprint density at radius 1 is 1.26 bits per heavy atom. The lowest BCUT2D eigenvalue weighted by Crippen LogP contribution is -2.43. The molecule has 0 radical (unpaired) electrons. The fourth-order valence-electron chi connectivity index (χ4n) is 2.55. The van der Waals surface area contributed by atoms with E-state index in [4.69, 9.17) is 13.9 Å². The van der Waals surface area contributed by atoms with Gasteiger partial charge in [-0.2, -0.15) is 0 Å². The number of carbonyl (C=O) groups excluding carboxylic acids is 2. The lowest BCUT2D eigenvalue weighted by molar-refractivity contribution is -0.136. The molecule has 1 aromatic carbocycles. The summed E-state index contributed by atoms with van der Waals surface area (Å²) in [6, 6.07) is 3.94. The lowest BCUT2D eigenvalue weighted by atomic mass is 10.0. The Balaban J connectivity index is 2.20. The summed E-state index contributed by atoms with van der Waals surface area (Å²) in [5.74, 6) is -0.390. The first kappa shape index (κ1) is 20.5. The van der Waals surface area contributed by atoms with Crippen molar-refractivity contribution in [2.75, 3.05) is 0 Å². The molecule has 7 heteroatoms. The van der Waals surface area contributed by atoms with Crippen molar-refractivity contribution in [3.63, 3.8) is 0 Å². The van der Waals surface area contributed by atoms with Gasteiger partial charge in [0.1, 0.15) is 23.0 Å². The highest BCUT2D eigenvalue weighted by atomic mass is 16.6. The second-order valence-electron chi connectivity index (χ2n) is 7.30. The van der Waals surface area contributed by atoms with Crippen LogP contribution in [0.4, 0.5) is 4.79 Å². The highest BCUT2D eigenvalue weighted by Crippen LogP contribution is 2.28. The van der Waals surface area contributed by atoms with Gasteiger partial charge in [-0.1, -0.05) is 6.92 Å². The number of ether oxygens (including phenoxy) is 2. The summed E-state index contributed by atoms with van der Waals surface area (Å²) < 4.78 is 15.8. The van der Waals surface area contributed by atoms with Crippen molar-refractivity contribution in [2.45, 2.75) is 59.6 Å². The third kappa shape index (κ3) is 5.09. The van der Waals surface area contributed by atoms with Crippen LogP contribution in [0, 0.1) is 6.92 Å². The smallest absolute Gasteiger partial charge is 0.408 e. The van der Waals surface area contributed by atoms with Gasteiger partial charge < -0.3 is 19.2 Å². The Kier molecular flexibility index (Phi) is 5.93. The monoisotopic (exact) mass is 375 g/mol. The van der Waals surface area contributed by atoms with Gasteiger partial charge in [0.2, 0.25) is 0 Å². The molecule has 1 amide bonds. The first-order valence-electron chi connectivity index (χ1n) is 8.79. The fraction of sp³-hybridized carbons (Fsp3) is 0.450. The van der Waals surface area contributed by atoms with Crippen molar-refractivity contribution < 1.29 is 23.5 Å². The quantitative estimate of drug-likeness (QED) is 0.499. The molecule has 0 saturated carbocycles. The molecule has 0 spiro atoms. The highest BCUT2D eigenvalue weighted by Gasteiger charge is 2.23. The first-order chi connectivity index (χ1) is 12.5. The first-order valence-corrected chi connectivity index (χ1v) is 8.79. The number of aryl methyl sites for hydroxylation is 2. The van der Waals surface area contributed by atoms with Crippen molar-refractivity contribution >= 4 is 23.0 Å². The topological polar surface area (TPSA) is 94.8 Å². The van der Waals surface area contributed by atoms with Gasteiger partial charge in [0.05, 0.1) is 0 Å². The SMILES string of the molecule is CCc1cc(=O)oc2c(C)c(OC(=O)[C@@H](C)NC(=O)OC(C)(C)C)ccc12. The molecule has 1 N–H and O–H groups in total. The fourth-order valence-corrected chi connectivity index (χ4v) is 2.55. The minimum Gasteiger partial charge on any atom is -0.444 e. The van der Waals surface area contributed by atoms with Gasteiger partial charge in [-0.15, -0.1) is 0 Å². The van der Waals surface area contributed by atoms with E-state index in [1.165, 1.54) is 13.0 Å². The highest BCUT2D eigenvalue weighted by molar-refractivity contribution is 5.87. The van der Waals surface area contributed by atoms with Crippen LogP contribution in [0.15, 0.2) is 27.4 Å². The summed E-state index contributed by atoms with van der Waals surface area (Å²) in [6.45, 7) is 10.3. The number of carbonyl (C=O) groups is 2. The van der Waals surface area contributed by atoms with E-state index in [2.05, 4.69) is 5.32 Å². The summed E-state index contributed by atoms with van der Waals surface area (Å²) in [5.41, 5.74) is 0.667. The molecule has 0 bridgehead atoms. The van der Waals surface area contributed by atoms with Crippen molar-refractivity contribution in [2.24, 2.45) is 0 Å². The molecule has 0 aliphatic carbocycles. The molecule has 7 nitrogen and oxygen atoms in total. The van der Waals surface area contributed by atoms with E-state index in [0.717, 1.165) is 10.9 Å². The summed E-state index contributed by atoms with van der Waals surface area (Å²) >= 11 is 0. The molecule has 27 heavy (non-hydrogen) atoms. The number of alkyl carbamates (subject to hydrolysis) is 1. The Labute approximate surface area is 157 Å². The number of fused-ring (bicyclic) bond motifs is 1. The van der Waals surface area contributed by atoms with Crippen molar-refractivity contribution in [1.29, 1.82) is 0 Å². The van der Waals surface area contributed by atoms with Crippen LogP contribution < -0.4 is 15.7 Å². The van der Waals surface area contributed by atoms with Crippen molar-refractivity contribution in [3.05, 3.63) is 39.7 Å².